The number of hydrogen-bond donors (Lipinski definition) is 1. The van der Waals surface area contributed by atoms with Gasteiger partial charge in [0.15, 0.2) is 0 Å². The van der Waals surface area contributed by atoms with Gasteiger partial charge in [-0.25, -0.2) is 0 Å². The molecule has 0 spiro atoms. The quantitative estimate of drug-likeness (QED) is 0.857. The smallest absolute Gasteiger partial charge is 0.230 e. The molecule has 3 nitrogen and oxygen atoms in total. The lowest BCUT2D eigenvalue weighted by molar-refractivity contribution is -0.137. The number of halogens is 1. The van der Waals surface area contributed by atoms with Crippen LogP contribution < -0.4 is 5.32 Å². The number of nitrogens with one attached hydrogen (secondary N) is 1. The SMILES string of the molecule is Cc1ccc(C2CC(=O)NC(=O)C2CC(C)C)c(Br)c1. The molecule has 108 valence electrons. The Morgan fingerprint density at radius 3 is 2.65 bits per heavy atom. The maximum Gasteiger partial charge on any atom is 0.230 e. The summed E-state index contributed by atoms with van der Waals surface area (Å²) in [5, 5.41) is 2.47. The number of imide groups is 1. The number of amides is 2. The molecule has 1 N–H and O–H groups in total. The summed E-state index contributed by atoms with van der Waals surface area (Å²) in [6, 6.07) is 6.10. The molecule has 0 saturated carbocycles. The molecular weight excluding hydrogens is 318 g/mol. The lowest BCUT2D eigenvalue weighted by atomic mass is 9.76. The third-order valence-electron chi connectivity index (χ3n) is 3.77. The summed E-state index contributed by atoms with van der Waals surface area (Å²) < 4.78 is 0.985. The van der Waals surface area contributed by atoms with E-state index in [1.807, 2.05) is 25.1 Å². The Bertz CT molecular complexity index is 539. The van der Waals surface area contributed by atoms with Gasteiger partial charge in [-0.15, -0.1) is 0 Å². The third-order valence-corrected chi connectivity index (χ3v) is 4.46. The molecule has 1 fully saturated rings. The first-order chi connectivity index (χ1) is 9.38. The molecular formula is C16H20BrNO2. The van der Waals surface area contributed by atoms with Gasteiger partial charge in [0.05, 0.1) is 0 Å². The van der Waals surface area contributed by atoms with Gasteiger partial charge in [-0.1, -0.05) is 41.9 Å². The number of rotatable bonds is 3. The van der Waals surface area contributed by atoms with E-state index in [9.17, 15) is 9.59 Å². The normalized spacial score (nSPS) is 23.1. The Balaban J connectivity index is 2.37. The van der Waals surface area contributed by atoms with E-state index in [0.29, 0.717) is 12.3 Å². The van der Waals surface area contributed by atoms with Gasteiger partial charge in [0, 0.05) is 22.7 Å². The molecule has 1 saturated heterocycles. The minimum absolute atomic E-state index is 0.0337. The largest absolute Gasteiger partial charge is 0.296 e. The van der Waals surface area contributed by atoms with Crippen molar-refractivity contribution in [2.75, 3.05) is 0 Å². The molecule has 2 rings (SSSR count). The zero-order chi connectivity index (χ0) is 14.9. The van der Waals surface area contributed by atoms with E-state index in [1.165, 1.54) is 0 Å². The molecule has 2 atom stereocenters. The number of benzene rings is 1. The van der Waals surface area contributed by atoms with Crippen molar-refractivity contribution in [3.05, 3.63) is 33.8 Å². The van der Waals surface area contributed by atoms with Crippen LogP contribution in [0.4, 0.5) is 0 Å². The van der Waals surface area contributed by atoms with Crippen LogP contribution in [-0.2, 0) is 9.59 Å². The zero-order valence-corrected chi connectivity index (χ0v) is 13.7. The van der Waals surface area contributed by atoms with E-state index in [4.69, 9.17) is 0 Å². The van der Waals surface area contributed by atoms with Gasteiger partial charge < -0.3 is 0 Å². The van der Waals surface area contributed by atoms with Crippen LogP contribution >= 0.6 is 15.9 Å². The van der Waals surface area contributed by atoms with Crippen LogP contribution in [0.2, 0.25) is 0 Å². The number of piperidine rings is 1. The van der Waals surface area contributed by atoms with Crippen LogP contribution in [0.15, 0.2) is 22.7 Å². The summed E-state index contributed by atoms with van der Waals surface area (Å²) in [4.78, 5) is 23.9. The van der Waals surface area contributed by atoms with Crippen molar-refractivity contribution in [1.29, 1.82) is 0 Å². The summed E-state index contributed by atoms with van der Waals surface area (Å²) in [7, 11) is 0. The van der Waals surface area contributed by atoms with Crippen molar-refractivity contribution in [2.45, 2.75) is 39.5 Å². The van der Waals surface area contributed by atoms with Crippen LogP contribution in [0.1, 0.15) is 43.7 Å². The second-order valence-electron chi connectivity index (χ2n) is 5.98. The van der Waals surface area contributed by atoms with Gasteiger partial charge in [0.1, 0.15) is 0 Å². The van der Waals surface area contributed by atoms with Crippen LogP contribution in [0.3, 0.4) is 0 Å². The van der Waals surface area contributed by atoms with Gasteiger partial charge in [0.25, 0.3) is 0 Å². The number of aryl methyl sites for hydroxylation is 1. The first-order valence-electron chi connectivity index (χ1n) is 6.98. The van der Waals surface area contributed by atoms with E-state index in [0.717, 1.165) is 22.0 Å². The van der Waals surface area contributed by atoms with Crippen LogP contribution in [0.5, 0.6) is 0 Å². The van der Waals surface area contributed by atoms with Gasteiger partial charge in [0.2, 0.25) is 11.8 Å². The predicted octanol–water partition coefficient (Wildman–Crippen LogP) is 3.55. The molecule has 1 aliphatic heterocycles. The fourth-order valence-corrected chi connectivity index (χ4v) is 3.63. The maximum absolute atomic E-state index is 12.2. The molecule has 0 bridgehead atoms. The second kappa shape index (κ2) is 6.08. The number of carbonyl (C=O) groups excluding carboxylic acids is 2. The Morgan fingerprint density at radius 1 is 1.35 bits per heavy atom. The van der Waals surface area contributed by atoms with Gasteiger partial charge in [-0.2, -0.15) is 0 Å². The van der Waals surface area contributed by atoms with E-state index in [1.54, 1.807) is 0 Å². The predicted molar refractivity (Wildman–Crippen MR) is 82.3 cm³/mol. The summed E-state index contributed by atoms with van der Waals surface area (Å²) >= 11 is 3.57. The molecule has 20 heavy (non-hydrogen) atoms. The van der Waals surface area contributed by atoms with E-state index >= 15 is 0 Å². The Kier molecular flexibility index (Phi) is 4.63. The molecule has 1 heterocycles. The van der Waals surface area contributed by atoms with Crippen molar-refractivity contribution < 1.29 is 9.59 Å². The van der Waals surface area contributed by atoms with Crippen LogP contribution in [0.25, 0.3) is 0 Å². The fraction of sp³-hybridized carbons (Fsp3) is 0.500. The standard InChI is InChI=1S/C16H20BrNO2/c1-9(2)6-13-12(8-15(19)18-16(13)20)11-5-4-10(3)7-14(11)17/h4-5,7,9,12-13H,6,8H2,1-3H3,(H,18,19,20). The minimum Gasteiger partial charge on any atom is -0.296 e. The van der Waals surface area contributed by atoms with Crippen molar-refractivity contribution in [3.63, 3.8) is 0 Å². The molecule has 2 unspecified atom stereocenters. The minimum atomic E-state index is -0.174. The highest BCUT2D eigenvalue weighted by atomic mass is 79.9. The Labute approximate surface area is 128 Å². The Morgan fingerprint density at radius 2 is 2.05 bits per heavy atom. The highest BCUT2D eigenvalue weighted by Gasteiger charge is 2.37. The monoisotopic (exact) mass is 337 g/mol. The highest BCUT2D eigenvalue weighted by Crippen LogP contribution is 2.38. The Hall–Kier alpha value is -1.16. The van der Waals surface area contributed by atoms with Crippen molar-refractivity contribution in [3.8, 4) is 0 Å². The van der Waals surface area contributed by atoms with Crippen molar-refractivity contribution in [2.24, 2.45) is 11.8 Å². The summed E-state index contributed by atoms with van der Waals surface area (Å²) in [6.07, 6.45) is 1.18. The lowest BCUT2D eigenvalue weighted by Gasteiger charge is -2.32. The van der Waals surface area contributed by atoms with Crippen molar-refractivity contribution >= 4 is 27.7 Å². The molecule has 0 aliphatic carbocycles. The van der Waals surface area contributed by atoms with Crippen molar-refractivity contribution in [1.82, 2.24) is 5.32 Å². The fourth-order valence-electron chi connectivity index (χ4n) is 2.84. The molecule has 0 radical (unpaired) electrons. The molecule has 1 aliphatic rings. The number of hydrogen-bond acceptors (Lipinski definition) is 2. The third kappa shape index (κ3) is 3.29. The molecule has 1 aromatic carbocycles. The van der Waals surface area contributed by atoms with E-state index < -0.39 is 0 Å². The second-order valence-corrected chi connectivity index (χ2v) is 6.84. The summed E-state index contributed by atoms with van der Waals surface area (Å²) in [6.45, 7) is 6.23. The first-order valence-corrected chi connectivity index (χ1v) is 7.77. The molecule has 2 amide bonds. The average molecular weight is 338 g/mol. The lowest BCUT2D eigenvalue weighted by Crippen LogP contribution is -2.45. The zero-order valence-electron chi connectivity index (χ0n) is 12.1. The maximum atomic E-state index is 12.2. The van der Waals surface area contributed by atoms with Gasteiger partial charge in [-0.3, -0.25) is 14.9 Å². The number of carbonyl (C=O) groups is 2. The van der Waals surface area contributed by atoms with Crippen LogP contribution in [-0.4, -0.2) is 11.8 Å². The molecule has 1 aromatic rings. The summed E-state index contributed by atoms with van der Waals surface area (Å²) in [5.41, 5.74) is 2.22. The van der Waals surface area contributed by atoms with Crippen LogP contribution in [0, 0.1) is 18.8 Å². The molecule has 0 aromatic heterocycles. The topological polar surface area (TPSA) is 46.2 Å². The van der Waals surface area contributed by atoms with Gasteiger partial charge in [-0.05, 0) is 36.5 Å². The average Bonchev–Trinajstić information content (AvgIpc) is 2.32. The van der Waals surface area contributed by atoms with Gasteiger partial charge >= 0.3 is 0 Å². The van der Waals surface area contributed by atoms with E-state index in [-0.39, 0.29) is 23.7 Å². The van der Waals surface area contributed by atoms with E-state index in [2.05, 4.69) is 35.1 Å². The highest BCUT2D eigenvalue weighted by molar-refractivity contribution is 9.10. The first kappa shape index (κ1) is 15.2. The molecule has 4 heteroatoms. The summed E-state index contributed by atoms with van der Waals surface area (Å²) in [5.74, 6) is -0.0501.